The van der Waals surface area contributed by atoms with Gasteiger partial charge in [-0.3, -0.25) is 9.59 Å². The second kappa shape index (κ2) is 5.62. The van der Waals surface area contributed by atoms with Crippen LogP contribution in [0.2, 0.25) is 0 Å². The fourth-order valence-electron chi connectivity index (χ4n) is 3.98. The number of carbonyl (C=O) groups is 2. The molecule has 2 unspecified atom stereocenters. The molecule has 1 N–H and O–H groups in total. The molecule has 1 heterocycles. The van der Waals surface area contributed by atoms with Crippen LogP contribution in [0.25, 0.3) is 0 Å². The van der Waals surface area contributed by atoms with Crippen LogP contribution in [0.4, 0.5) is 0 Å². The molecule has 2 rings (SSSR count). The number of amides is 2. The minimum absolute atomic E-state index is 0.0458. The highest BCUT2D eigenvalue weighted by Crippen LogP contribution is 2.45. The van der Waals surface area contributed by atoms with Gasteiger partial charge in [0.1, 0.15) is 11.1 Å². The van der Waals surface area contributed by atoms with E-state index >= 15 is 0 Å². The van der Waals surface area contributed by atoms with Crippen LogP contribution in [0.5, 0.6) is 0 Å². The van der Waals surface area contributed by atoms with Gasteiger partial charge < -0.3 is 10.2 Å². The molecule has 2 aliphatic rings. The summed E-state index contributed by atoms with van der Waals surface area (Å²) in [6.45, 7) is 10.2. The first kappa shape index (κ1) is 16.3. The van der Waals surface area contributed by atoms with Gasteiger partial charge in [0.2, 0.25) is 11.8 Å². The zero-order chi connectivity index (χ0) is 15.8. The quantitative estimate of drug-likeness (QED) is 0.819. The Bertz CT molecular complexity index is 427. The number of hydrogen-bond donors (Lipinski definition) is 1. The molecule has 0 radical (unpaired) electrons. The van der Waals surface area contributed by atoms with Crippen molar-refractivity contribution in [2.75, 3.05) is 0 Å². The Balaban J connectivity index is 2.43. The van der Waals surface area contributed by atoms with Crippen LogP contribution in [0.15, 0.2) is 0 Å². The Labute approximate surface area is 128 Å². The van der Waals surface area contributed by atoms with Crippen LogP contribution in [0.3, 0.4) is 0 Å². The van der Waals surface area contributed by atoms with Gasteiger partial charge in [-0.15, -0.1) is 0 Å². The molecule has 4 nitrogen and oxygen atoms in total. The lowest BCUT2D eigenvalue weighted by atomic mass is 9.79. The van der Waals surface area contributed by atoms with E-state index in [0.717, 1.165) is 25.7 Å². The molecule has 1 saturated heterocycles. The molecule has 0 aromatic carbocycles. The molecule has 2 amide bonds. The molecule has 0 aromatic rings. The van der Waals surface area contributed by atoms with Crippen molar-refractivity contribution in [3.05, 3.63) is 0 Å². The SMILES string of the molecule is CCCC(C)N1C(=O)C(C)(C2CC2)NC(=O)C1(CC)CC. The van der Waals surface area contributed by atoms with E-state index in [-0.39, 0.29) is 17.9 Å². The van der Waals surface area contributed by atoms with Gasteiger partial charge in [0.05, 0.1) is 0 Å². The third kappa shape index (κ3) is 2.36. The molecule has 120 valence electrons. The second-order valence-electron chi connectivity index (χ2n) is 6.98. The van der Waals surface area contributed by atoms with Gasteiger partial charge in [0, 0.05) is 6.04 Å². The lowest BCUT2D eigenvalue weighted by molar-refractivity contribution is -0.168. The minimum atomic E-state index is -0.688. The van der Waals surface area contributed by atoms with Crippen LogP contribution >= 0.6 is 0 Å². The first-order valence-corrected chi connectivity index (χ1v) is 8.53. The summed E-state index contributed by atoms with van der Waals surface area (Å²) in [5.41, 5.74) is -1.35. The van der Waals surface area contributed by atoms with Crippen LogP contribution in [-0.4, -0.2) is 33.8 Å². The average molecular weight is 294 g/mol. The Kier molecular flexibility index (Phi) is 4.36. The number of nitrogens with one attached hydrogen (secondary N) is 1. The lowest BCUT2D eigenvalue weighted by Gasteiger charge is -2.54. The summed E-state index contributed by atoms with van der Waals surface area (Å²) in [5, 5.41) is 3.09. The first-order valence-electron chi connectivity index (χ1n) is 8.53. The first-order chi connectivity index (χ1) is 9.87. The molecule has 0 bridgehead atoms. The number of nitrogens with zero attached hydrogens (tertiary/aromatic N) is 1. The van der Waals surface area contributed by atoms with E-state index in [9.17, 15) is 9.59 Å². The molecular formula is C17H30N2O2. The van der Waals surface area contributed by atoms with Crippen molar-refractivity contribution < 1.29 is 9.59 Å². The molecule has 4 heteroatoms. The summed E-state index contributed by atoms with van der Waals surface area (Å²) in [7, 11) is 0. The number of piperazine rings is 1. The summed E-state index contributed by atoms with van der Waals surface area (Å²) in [6, 6.07) is 0.117. The van der Waals surface area contributed by atoms with E-state index in [4.69, 9.17) is 0 Å². The standard InChI is InChI=1S/C17H30N2O2/c1-6-9-12(4)19-15(21)16(5,13-10-11-13)18-14(20)17(19,7-2)8-3/h12-13H,6-11H2,1-5H3,(H,18,20). The van der Waals surface area contributed by atoms with Crippen molar-refractivity contribution in [2.24, 2.45) is 5.92 Å². The molecule has 21 heavy (non-hydrogen) atoms. The molecule has 1 saturated carbocycles. The molecule has 2 atom stereocenters. The minimum Gasteiger partial charge on any atom is -0.340 e. The summed E-state index contributed by atoms with van der Waals surface area (Å²) >= 11 is 0. The summed E-state index contributed by atoms with van der Waals surface area (Å²) in [6.07, 6.45) is 5.41. The van der Waals surface area contributed by atoms with Crippen molar-refractivity contribution in [3.63, 3.8) is 0 Å². The van der Waals surface area contributed by atoms with Crippen molar-refractivity contribution in [3.8, 4) is 0 Å². The zero-order valence-corrected chi connectivity index (χ0v) is 14.2. The van der Waals surface area contributed by atoms with Gasteiger partial charge in [0.15, 0.2) is 0 Å². The fraction of sp³-hybridized carbons (Fsp3) is 0.882. The molecule has 2 fully saturated rings. The topological polar surface area (TPSA) is 49.4 Å². The van der Waals surface area contributed by atoms with Crippen LogP contribution in [-0.2, 0) is 9.59 Å². The largest absolute Gasteiger partial charge is 0.340 e. The number of hydrogen-bond acceptors (Lipinski definition) is 2. The maximum Gasteiger partial charge on any atom is 0.249 e. The summed E-state index contributed by atoms with van der Waals surface area (Å²) in [4.78, 5) is 28.1. The van der Waals surface area contributed by atoms with Crippen LogP contribution in [0, 0.1) is 5.92 Å². The van der Waals surface area contributed by atoms with Gasteiger partial charge >= 0.3 is 0 Å². The van der Waals surface area contributed by atoms with Gasteiger partial charge in [-0.05, 0) is 51.9 Å². The number of carbonyl (C=O) groups excluding carboxylic acids is 2. The highest BCUT2D eigenvalue weighted by Gasteiger charge is 2.60. The zero-order valence-electron chi connectivity index (χ0n) is 14.2. The monoisotopic (exact) mass is 294 g/mol. The molecule has 1 aliphatic carbocycles. The van der Waals surface area contributed by atoms with Gasteiger partial charge in [0.25, 0.3) is 0 Å². The third-order valence-electron chi connectivity index (χ3n) is 5.63. The molecule has 0 aromatic heterocycles. The normalized spacial score (nSPS) is 30.2. The molecule has 0 spiro atoms. The maximum absolute atomic E-state index is 13.2. The van der Waals surface area contributed by atoms with Crippen molar-refractivity contribution in [1.82, 2.24) is 10.2 Å². The fourth-order valence-corrected chi connectivity index (χ4v) is 3.98. The van der Waals surface area contributed by atoms with E-state index in [0.29, 0.717) is 18.8 Å². The van der Waals surface area contributed by atoms with E-state index in [1.165, 1.54) is 0 Å². The molecule has 1 aliphatic heterocycles. The molecular weight excluding hydrogens is 264 g/mol. The van der Waals surface area contributed by atoms with Gasteiger partial charge in [-0.2, -0.15) is 0 Å². The van der Waals surface area contributed by atoms with Gasteiger partial charge in [-0.25, -0.2) is 0 Å². The predicted octanol–water partition coefficient (Wildman–Crippen LogP) is 2.86. The van der Waals surface area contributed by atoms with Crippen molar-refractivity contribution >= 4 is 11.8 Å². The summed E-state index contributed by atoms with van der Waals surface area (Å²) < 4.78 is 0. The Morgan fingerprint density at radius 2 is 1.81 bits per heavy atom. The second-order valence-corrected chi connectivity index (χ2v) is 6.98. The van der Waals surface area contributed by atoms with E-state index in [1.807, 2.05) is 25.7 Å². The Morgan fingerprint density at radius 3 is 2.24 bits per heavy atom. The van der Waals surface area contributed by atoms with E-state index in [2.05, 4.69) is 19.2 Å². The number of rotatable bonds is 6. The third-order valence-corrected chi connectivity index (χ3v) is 5.63. The Hall–Kier alpha value is -1.06. The van der Waals surface area contributed by atoms with Crippen molar-refractivity contribution in [2.45, 2.75) is 90.3 Å². The maximum atomic E-state index is 13.2. The lowest BCUT2D eigenvalue weighted by Crippen LogP contribution is -2.76. The van der Waals surface area contributed by atoms with Crippen molar-refractivity contribution in [1.29, 1.82) is 0 Å². The van der Waals surface area contributed by atoms with E-state index < -0.39 is 11.1 Å². The summed E-state index contributed by atoms with van der Waals surface area (Å²) in [5.74, 6) is 0.496. The van der Waals surface area contributed by atoms with Crippen LogP contribution in [0.1, 0.15) is 73.1 Å². The highest BCUT2D eigenvalue weighted by atomic mass is 16.2. The van der Waals surface area contributed by atoms with Gasteiger partial charge in [-0.1, -0.05) is 27.2 Å². The smallest absolute Gasteiger partial charge is 0.249 e. The Morgan fingerprint density at radius 1 is 1.24 bits per heavy atom. The highest BCUT2D eigenvalue weighted by molar-refractivity contribution is 6.02. The van der Waals surface area contributed by atoms with E-state index in [1.54, 1.807) is 0 Å². The predicted molar refractivity (Wildman–Crippen MR) is 83.8 cm³/mol. The van der Waals surface area contributed by atoms with Crippen LogP contribution < -0.4 is 5.32 Å². The average Bonchev–Trinajstić information content (AvgIpc) is 3.27.